The maximum absolute atomic E-state index is 12.4. The third-order valence-corrected chi connectivity index (χ3v) is 4.27. The maximum Gasteiger partial charge on any atom is 0.262 e. The molecule has 3 aromatic rings. The molecule has 4 rings (SSSR count). The zero-order valence-electron chi connectivity index (χ0n) is 14.5. The van der Waals surface area contributed by atoms with Crippen LogP contribution >= 0.6 is 0 Å². The quantitative estimate of drug-likeness (QED) is 0.729. The first kappa shape index (κ1) is 16.8. The first-order chi connectivity index (χ1) is 13.2. The summed E-state index contributed by atoms with van der Waals surface area (Å²) < 4.78 is 7.29. The average Bonchev–Trinajstić information content (AvgIpc) is 3.19. The minimum atomic E-state index is -0.226. The Hall–Kier alpha value is -3.61. The third-order valence-electron chi connectivity index (χ3n) is 4.27. The molecule has 7 heteroatoms. The summed E-state index contributed by atoms with van der Waals surface area (Å²) in [6, 6.07) is 13.0. The standard InChI is InChI=1S/C20H18N4O3/c25-19-12-27-18-6-5-16(9-17(18)23-19)20(26)22-10-14-1-3-15(4-2-14)11-24-8-7-21-13-24/h1-9,13H,10-12H2,(H,22,26)(H,23,25). The molecule has 27 heavy (non-hydrogen) atoms. The number of ether oxygens (including phenoxy) is 1. The van der Waals surface area contributed by atoms with Gasteiger partial charge in [-0.3, -0.25) is 9.59 Å². The monoisotopic (exact) mass is 362 g/mol. The molecule has 7 nitrogen and oxygen atoms in total. The van der Waals surface area contributed by atoms with Crippen molar-refractivity contribution in [2.45, 2.75) is 13.1 Å². The van der Waals surface area contributed by atoms with Crippen LogP contribution in [0.3, 0.4) is 0 Å². The van der Waals surface area contributed by atoms with Gasteiger partial charge in [-0.1, -0.05) is 24.3 Å². The molecular formula is C20H18N4O3. The van der Waals surface area contributed by atoms with E-state index in [1.807, 2.05) is 35.0 Å². The van der Waals surface area contributed by atoms with Crippen molar-refractivity contribution in [1.29, 1.82) is 0 Å². The first-order valence-corrected chi connectivity index (χ1v) is 8.56. The lowest BCUT2D eigenvalue weighted by Crippen LogP contribution is -2.27. The van der Waals surface area contributed by atoms with Crippen molar-refractivity contribution in [3.05, 3.63) is 77.9 Å². The molecule has 1 aliphatic heterocycles. The van der Waals surface area contributed by atoms with Crippen molar-refractivity contribution in [2.75, 3.05) is 11.9 Å². The number of benzene rings is 2. The summed E-state index contributed by atoms with van der Waals surface area (Å²) in [7, 11) is 0. The number of imidazole rings is 1. The minimum Gasteiger partial charge on any atom is -0.482 e. The van der Waals surface area contributed by atoms with E-state index >= 15 is 0 Å². The molecule has 2 amide bonds. The van der Waals surface area contributed by atoms with Gasteiger partial charge in [-0.25, -0.2) is 4.98 Å². The van der Waals surface area contributed by atoms with E-state index in [2.05, 4.69) is 15.6 Å². The molecule has 2 N–H and O–H groups in total. The normalized spacial score (nSPS) is 12.7. The summed E-state index contributed by atoms with van der Waals surface area (Å²) in [4.78, 5) is 27.8. The highest BCUT2D eigenvalue weighted by Crippen LogP contribution is 2.28. The molecule has 0 aliphatic carbocycles. The highest BCUT2D eigenvalue weighted by Gasteiger charge is 2.17. The van der Waals surface area contributed by atoms with Crippen LogP contribution in [0.4, 0.5) is 5.69 Å². The Morgan fingerprint density at radius 1 is 1.19 bits per heavy atom. The van der Waals surface area contributed by atoms with Gasteiger partial charge in [0, 0.05) is 31.0 Å². The summed E-state index contributed by atoms with van der Waals surface area (Å²) in [5.41, 5.74) is 3.15. The summed E-state index contributed by atoms with van der Waals surface area (Å²) >= 11 is 0. The van der Waals surface area contributed by atoms with Crippen LogP contribution in [0.15, 0.2) is 61.2 Å². The lowest BCUT2D eigenvalue weighted by atomic mass is 10.1. The molecule has 2 aromatic carbocycles. The molecule has 2 heterocycles. The van der Waals surface area contributed by atoms with Gasteiger partial charge in [0.1, 0.15) is 5.75 Å². The first-order valence-electron chi connectivity index (χ1n) is 8.56. The molecule has 0 fully saturated rings. The van der Waals surface area contributed by atoms with Gasteiger partial charge in [0.25, 0.3) is 11.8 Å². The number of nitrogens with zero attached hydrogens (tertiary/aromatic N) is 2. The van der Waals surface area contributed by atoms with Crippen molar-refractivity contribution >= 4 is 17.5 Å². The fourth-order valence-corrected chi connectivity index (χ4v) is 2.86. The molecule has 1 aromatic heterocycles. The predicted octanol–water partition coefficient (Wildman–Crippen LogP) is 2.19. The second-order valence-corrected chi connectivity index (χ2v) is 6.28. The number of hydrogen-bond acceptors (Lipinski definition) is 4. The number of carbonyl (C=O) groups is 2. The molecule has 1 aliphatic rings. The van der Waals surface area contributed by atoms with Gasteiger partial charge in [-0.2, -0.15) is 0 Å². The lowest BCUT2D eigenvalue weighted by Gasteiger charge is -2.18. The summed E-state index contributed by atoms with van der Waals surface area (Å²) in [5.74, 6) is 0.135. The van der Waals surface area contributed by atoms with E-state index in [1.165, 1.54) is 0 Å². The van der Waals surface area contributed by atoms with E-state index in [-0.39, 0.29) is 18.4 Å². The Morgan fingerprint density at radius 2 is 2.00 bits per heavy atom. The fourth-order valence-electron chi connectivity index (χ4n) is 2.86. The highest BCUT2D eigenvalue weighted by atomic mass is 16.5. The largest absolute Gasteiger partial charge is 0.482 e. The van der Waals surface area contributed by atoms with Crippen LogP contribution in [0.5, 0.6) is 5.75 Å². The van der Waals surface area contributed by atoms with Crippen LogP contribution in [-0.4, -0.2) is 28.0 Å². The number of aromatic nitrogens is 2. The second-order valence-electron chi connectivity index (χ2n) is 6.28. The molecule has 0 unspecified atom stereocenters. The number of carbonyl (C=O) groups excluding carboxylic acids is 2. The third kappa shape index (κ3) is 3.98. The average molecular weight is 362 g/mol. The molecule has 136 valence electrons. The lowest BCUT2D eigenvalue weighted by molar-refractivity contribution is -0.118. The van der Waals surface area contributed by atoms with Gasteiger partial charge in [-0.05, 0) is 29.3 Å². The Balaban J connectivity index is 1.36. The number of hydrogen-bond donors (Lipinski definition) is 2. The number of fused-ring (bicyclic) bond motifs is 1. The second kappa shape index (κ2) is 7.33. The zero-order chi connectivity index (χ0) is 18.6. The smallest absolute Gasteiger partial charge is 0.262 e. The van der Waals surface area contributed by atoms with Gasteiger partial charge >= 0.3 is 0 Å². The number of rotatable bonds is 5. The van der Waals surface area contributed by atoms with Crippen LogP contribution in [0.1, 0.15) is 21.5 Å². The van der Waals surface area contributed by atoms with Crippen LogP contribution in [0, 0.1) is 0 Å². The van der Waals surface area contributed by atoms with Crippen molar-refractivity contribution in [3.63, 3.8) is 0 Å². The van der Waals surface area contributed by atoms with E-state index in [9.17, 15) is 9.59 Å². The van der Waals surface area contributed by atoms with E-state index in [0.717, 1.165) is 17.7 Å². The minimum absolute atomic E-state index is 0.00458. The number of nitrogens with one attached hydrogen (secondary N) is 2. The predicted molar refractivity (Wildman–Crippen MR) is 99.5 cm³/mol. The Labute approximate surface area is 156 Å². The van der Waals surface area contributed by atoms with E-state index < -0.39 is 0 Å². The highest BCUT2D eigenvalue weighted by molar-refractivity contribution is 5.99. The number of amides is 2. The Kier molecular flexibility index (Phi) is 4.57. The Morgan fingerprint density at radius 3 is 2.78 bits per heavy atom. The van der Waals surface area contributed by atoms with Gasteiger partial charge in [-0.15, -0.1) is 0 Å². The van der Waals surface area contributed by atoms with Crippen LogP contribution in [-0.2, 0) is 17.9 Å². The molecule has 0 atom stereocenters. The van der Waals surface area contributed by atoms with Crippen LogP contribution in [0.25, 0.3) is 0 Å². The summed E-state index contributed by atoms with van der Waals surface area (Å²) in [6.45, 7) is 1.18. The molecule has 0 saturated carbocycles. The van der Waals surface area contributed by atoms with Crippen molar-refractivity contribution in [1.82, 2.24) is 14.9 Å². The van der Waals surface area contributed by atoms with Crippen LogP contribution in [0.2, 0.25) is 0 Å². The Bertz CT molecular complexity index is 965. The van der Waals surface area contributed by atoms with E-state index in [4.69, 9.17) is 4.74 Å². The van der Waals surface area contributed by atoms with Gasteiger partial charge < -0.3 is 19.9 Å². The maximum atomic E-state index is 12.4. The molecule has 0 saturated heterocycles. The zero-order valence-corrected chi connectivity index (χ0v) is 14.5. The van der Waals surface area contributed by atoms with Crippen molar-refractivity contribution < 1.29 is 14.3 Å². The number of anilines is 1. The topological polar surface area (TPSA) is 85.2 Å². The molecule has 0 spiro atoms. The summed E-state index contributed by atoms with van der Waals surface area (Å²) in [5, 5.41) is 5.59. The van der Waals surface area contributed by atoms with Gasteiger partial charge in [0.2, 0.25) is 0 Å². The fraction of sp³-hybridized carbons (Fsp3) is 0.150. The molecule has 0 bridgehead atoms. The summed E-state index contributed by atoms with van der Waals surface area (Å²) in [6.07, 6.45) is 5.45. The van der Waals surface area contributed by atoms with Crippen LogP contribution < -0.4 is 15.4 Å². The van der Waals surface area contributed by atoms with E-state index in [0.29, 0.717) is 23.5 Å². The van der Waals surface area contributed by atoms with Gasteiger partial charge in [0.05, 0.1) is 12.0 Å². The molecule has 0 radical (unpaired) electrons. The van der Waals surface area contributed by atoms with E-state index in [1.54, 1.807) is 30.7 Å². The van der Waals surface area contributed by atoms with Crippen molar-refractivity contribution in [3.8, 4) is 5.75 Å². The SMILES string of the molecule is O=C1COc2ccc(C(=O)NCc3ccc(Cn4ccnc4)cc3)cc2N1. The van der Waals surface area contributed by atoms with Crippen molar-refractivity contribution in [2.24, 2.45) is 0 Å². The molecular weight excluding hydrogens is 344 g/mol. The van der Waals surface area contributed by atoms with Gasteiger partial charge in [0.15, 0.2) is 6.61 Å².